The molecule has 0 bridgehead atoms. The molecule has 1 aromatic carbocycles. The molecule has 2 N–H and O–H groups in total. The second kappa shape index (κ2) is 7.93. The minimum absolute atomic E-state index is 0.0219. The van der Waals surface area contributed by atoms with Crippen molar-refractivity contribution in [2.75, 3.05) is 17.6 Å². The Bertz CT molecular complexity index is 635. The van der Waals surface area contributed by atoms with Gasteiger partial charge in [0, 0.05) is 18.2 Å². The maximum absolute atomic E-state index is 12.4. The second-order valence-electron chi connectivity index (χ2n) is 6.27. The highest BCUT2D eigenvalue weighted by Gasteiger charge is 2.27. The molecule has 1 fully saturated rings. The van der Waals surface area contributed by atoms with Crippen molar-refractivity contribution in [1.82, 2.24) is 4.72 Å². The third-order valence-electron chi connectivity index (χ3n) is 4.59. The summed E-state index contributed by atoms with van der Waals surface area (Å²) in [6.45, 7) is 4.10. The van der Waals surface area contributed by atoms with Crippen molar-refractivity contribution in [3.8, 4) is 0 Å². The number of anilines is 1. The van der Waals surface area contributed by atoms with Gasteiger partial charge < -0.3 is 5.32 Å². The maximum Gasteiger partial charge on any atom is 0.227 e. The number of benzene rings is 1. The average molecular weight is 338 g/mol. The molecule has 0 atom stereocenters. The van der Waals surface area contributed by atoms with Crippen LogP contribution >= 0.6 is 0 Å². The van der Waals surface area contributed by atoms with Crippen molar-refractivity contribution in [1.29, 1.82) is 0 Å². The number of rotatable bonds is 6. The van der Waals surface area contributed by atoms with Gasteiger partial charge in [0.05, 0.1) is 5.75 Å². The van der Waals surface area contributed by atoms with E-state index >= 15 is 0 Å². The van der Waals surface area contributed by atoms with Crippen LogP contribution in [0.15, 0.2) is 24.3 Å². The van der Waals surface area contributed by atoms with E-state index in [1.54, 1.807) is 6.92 Å². The van der Waals surface area contributed by atoms with E-state index < -0.39 is 10.0 Å². The summed E-state index contributed by atoms with van der Waals surface area (Å²) in [5.74, 6) is 0.542. The maximum atomic E-state index is 12.4. The molecule has 0 unspecified atom stereocenters. The van der Waals surface area contributed by atoms with Crippen molar-refractivity contribution in [2.45, 2.75) is 39.5 Å². The molecule has 6 heteroatoms. The third kappa shape index (κ3) is 5.32. The topological polar surface area (TPSA) is 75.3 Å². The average Bonchev–Trinajstić information content (AvgIpc) is 2.55. The third-order valence-corrected chi connectivity index (χ3v) is 5.96. The van der Waals surface area contributed by atoms with Crippen LogP contribution in [0.1, 0.15) is 38.2 Å². The Morgan fingerprint density at radius 3 is 2.43 bits per heavy atom. The lowest BCUT2D eigenvalue weighted by atomic mass is 9.81. The number of amides is 1. The molecule has 0 aliphatic heterocycles. The van der Waals surface area contributed by atoms with Crippen LogP contribution in [-0.4, -0.2) is 26.6 Å². The van der Waals surface area contributed by atoms with Gasteiger partial charge >= 0.3 is 0 Å². The number of hydrogen-bond acceptors (Lipinski definition) is 3. The largest absolute Gasteiger partial charge is 0.326 e. The molecule has 1 amide bonds. The fourth-order valence-corrected chi connectivity index (χ4v) is 3.62. The molecule has 1 aliphatic rings. The zero-order valence-corrected chi connectivity index (χ0v) is 14.7. The molecule has 1 aromatic rings. The summed E-state index contributed by atoms with van der Waals surface area (Å²) in [7, 11) is -3.12. The normalized spacial score (nSPS) is 21.8. The van der Waals surface area contributed by atoms with Crippen LogP contribution in [0.5, 0.6) is 0 Å². The second-order valence-corrected chi connectivity index (χ2v) is 8.37. The van der Waals surface area contributed by atoms with Crippen molar-refractivity contribution in [3.63, 3.8) is 0 Å². The highest BCUT2D eigenvalue weighted by atomic mass is 32.2. The molecule has 0 radical (unpaired) electrons. The van der Waals surface area contributed by atoms with Gasteiger partial charge in [-0.3, -0.25) is 4.79 Å². The molecular formula is C17H26N2O3S. The van der Waals surface area contributed by atoms with E-state index in [9.17, 15) is 13.2 Å². The lowest BCUT2D eigenvalue weighted by Gasteiger charge is -2.28. The van der Waals surface area contributed by atoms with E-state index in [0.717, 1.165) is 36.9 Å². The molecule has 0 saturated heterocycles. The van der Waals surface area contributed by atoms with Crippen molar-refractivity contribution < 1.29 is 13.2 Å². The monoisotopic (exact) mass is 338 g/mol. The first-order valence-electron chi connectivity index (χ1n) is 8.25. The highest BCUT2D eigenvalue weighted by Crippen LogP contribution is 2.29. The summed E-state index contributed by atoms with van der Waals surface area (Å²) in [6.07, 6.45) is 3.41. The van der Waals surface area contributed by atoms with Gasteiger partial charge in [0.25, 0.3) is 0 Å². The first kappa shape index (κ1) is 17.9. The van der Waals surface area contributed by atoms with E-state index in [1.807, 2.05) is 31.2 Å². The predicted molar refractivity (Wildman–Crippen MR) is 92.7 cm³/mol. The molecule has 0 aromatic heterocycles. The molecule has 0 spiro atoms. The van der Waals surface area contributed by atoms with Crippen LogP contribution in [-0.2, 0) is 14.8 Å². The number of para-hydroxylation sites is 1. The van der Waals surface area contributed by atoms with E-state index in [4.69, 9.17) is 0 Å². The summed E-state index contributed by atoms with van der Waals surface area (Å²) in [5, 5.41) is 3.01. The van der Waals surface area contributed by atoms with Gasteiger partial charge in [-0.25, -0.2) is 13.1 Å². The van der Waals surface area contributed by atoms with Gasteiger partial charge in [0.2, 0.25) is 15.9 Å². The minimum Gasteiger partial charge on any atom is -0.326 e. The molecule has 1 saturated carbocycles. The summed E-state index contributed by atoms with van der Waals surface area (Å²) < 4.78 is 25.6. The molecule has 5 nitrogen and oxygen atoms in total. The minimum atomic E-state index is -3.12. The Morgan fingerprint density at radius 2 is 1.83 bits per heavy atom. The quantitative estimate of drug-likeness (QED) is 0.837. The number of sulfonamides is 1. The van der Waals surface area contributed by atoms with E-state index in [1.165, 1.54) is 0 Å². The number of aryl methyl sites for hydroxylation is 1. The van der Waals surface area contributed by atoms with Crippen molar-refractivity contribution >= 4 is 21.6 Å². The SMILES string of the molecule is CCS(=O)(=O)NCC1CCC(C(=O)Nc2ccccc2C)CC1. The molecule has 23 heavy (non-hydrogen) atoms. The summed E-state index contributed by atoms with van der Waals surface area (Å²) in [5.41, 5.74) is 1.93. The molecule has 1 aliphatic carbocycles. The van der Waals surface area contributed by atoms with Crippen molar-refractivity contribution in [2.24, 2.45) is 11.8 Å². The van der Waals surface area contributed by atoms with Crippen molar-refractivity contribution in [3.05, 3.63) is 29.8 Å². The summed E-state index contributed by atoms with van der Waals surface area (Å²) in [6, 6.07) is 7.76. The molecule has 2 rings (SSSR count). The van der Waals surface area contributed by atoms with Crippen LogP contribution in [0, 0.1) is 18.8 Å². The van der Waals surface area contributed by atoms with Gasteiger partial charge in [-0.2, -0.15) is 0 Å². The Kier molecular flexibility index (Phi) is 6.18. The lowest BCUT2D eigenvalue weighted by molar-refractivity contribution is -0.121. The predicted octanol–water partition coefficient (Wildman–Crippen LogP) is 2.68. The van der Waals surface area contributed by atoms with E-state index in [-0.39, 0.29) is 17.6 Å². The standard InChI is InChI=1S/C17H26N2O3S/c1-3-23(21,22)18-12-14-8-10-15(11-9-14)17(20)19-16-7-5-4-6-13(16)2/h4-7,14-15,18H,3,8-12H2,1-2H3,(H,19,20). The zero-order valence-electron chi connectivity index (χ0n) is 13.8. The van der Waals surface area contributed by atoms with Gasteiger partial charge in [-0.15, -0.1) is 0 Å². The van der Waals surface area contributed by atoms with Gasteiger partial charge in [0.15, 0.2) is 0 Å². The Morgan fingerprint density at radius 1 is 1.17 bits per heavy atom. The van der Waals surface area contributed by atoms with Crippen LogP contribution in [0.2, 0.25) is 0 Å². The fourth-order valence-electron chi connectivity index (χ4n) is 2.92. The number of carbonyl (C=O) groups excluding carboxylic acids is 1. The number of carbonyl (C=O) groups is 1. The summed E-state index contributed by atoms with van der Waals surface area (Å²) in [4.78, 5) is 12.4. The van der Waals surface area contributed by atoms with Gasteiger partial charge in [-0.05, 0) is 57.1 Å². The van der Waals surface area contributed by atoms with Crippen LogP contribution < -0.4 is 10.0 Å². The highest BCUT2D eigenvalue weighted by molar-refractivity contribution is 7.89. The molecular weight excluding hydrogens is 312 g/mol. The van der Waals surface area contributed by atoms with Crippen LogP contribution in [0.4, 0.5) is 5.69 Å². The summed E-state index contributed by atoms with van der Waals surface area (Å²) >= 11 is 0. The fraction of sp³-hybridized carbons (Fsp3) is 0.588. The zero-order chi connectivity index (χ0) is 16.9. The number of nitrogens with one attached hydrogen (secondary N) is 2. The molecule has 128 valence electrons. The van der Waals surface area contributed by atoms with Crippen LogP contribution in [0.25, 0.3) is 0 Å². The smallest absolute Gasteiger partial charge is 0.227 e. The van der Waals surface area contributed by atoms with E-state index in [2.05, 4.69) is 10.0 Å². The Hall–Kier alpha value is -1.40. The van der Waals surface area contributed by atoms with Gasteiger partial charge in [0.1, 0.15) is 0 Å². The van der Waals surface area contributed by atoms with Crippen LogP contribution in [0.3, 0.4) is 0 Å². The van der Waals surface area contributed by atoms with E-state index in [0.29, 0.717) is 12.5 Å². The molecule has 0 heterocycles. The van der Waals surface area contributed by atoms with Gasteiger partial charge in [-0.1, -0.05) is 18.2 Å². The number of hydrogen-bond donors (Lipinski definition) is 2. The Labute approximate surface area is 138 Å². The first-order valence-corrected chi connectivity index (χ1v) is 9.90. The Balaban J connectivity index is 1.80. The lowest BCUT2D eigenvalue weighted by Crippen LogP contribution is -2.34. The first-order chi connectivity index (χ1) is 10.9.